The summed E-state index contributed by atoms with van der Waals surface area (Å²) in [5.74, 6) is -5.51. The van der Waals surface area contributed by atoms with E-state index in [1.54, 1.807) is 0 Å². The molecule has 2 aromatic rings. The number of hydrogen-bond acceptors (Lipinski definition) is 18. The monoisotopic (exact) mass is 647 g/mol. The molecule has 230 valence electrons. The number of rotatable bonds is 10. The molecule has 3 fully saturated rings. The van der Waals surface area contributed by atoms with Crippen molar-refractivity contribution in [3.05, 3.63) is 12.7 Å². The predicted octanol–water partition coefficient (Wildman–Crippen LogP) is -4.24. The van der Waals surface area contributed by atoms with E-state index in [0.717, 1.165) is 6.33 Å². The fraction of sp³-hybridized carbons (Fsp3) is 0.722. The second-order valence-electron chi connectivity index (χ2n) is 9.57. The summed E-state index contributed by atoms with van der Waals surface area (Å²) in [7, 11) is -5.35. The standard InChI is InChI=1S/C18H27N5O15P2S/c19-14-9-15(21-3-20-14)23(4-22-9)16-13(29)10(26)6(35-16)2-34-40(33,41)38-39(31,32)37-17-8-12(28)11(27)7(5(25)1-24)18(8,30)36-17/h3-8,10-13,16-17,24-30H,1-2H2,(H,31,32)(H,33,41)(H2,19,20,21)/t5-,6-,7?,8?,10-,11?,12?,13-,16-,17?,18?,40?/m1/s1. The minimum absolute atomic E-state index is 0.0635. The van der Waals surface area contributed by atoms with Crippen LogP contribution in [-0.4, -0.2) is 127 Å². The molecular formula is C18H27N5O15P2S. The fourth-order valence-corrected chi connectivity index (χ4v) is 8.26. The fourth-order valence-electron chi connectivity index (χ4n) is 5.17. The SMILES string of the molecule is Nc1ncnc2c1ncn2[C@@H]1O[C@H](COP(O)(=S)OP(=O)(O)OC2OC3(O)C2C(O)C(O)C3[C@H](O)CO)[C@@H](O)[C@H]1O. The number of hydrogen-bond donors (Lipinski definition) is 10. The Kier molecular flexibility index (Phi) is 8.34. The van der Waals surface area contributed by atoms with Crippen molar-refractivity contribution in [2.24, 2.45) is 11.8 Å². The molecule has 8 unspecified atom stereocenters. The van der Waals surface area contributed by atoms with Crippen LogP contribution in [0.25, 0.3) is 11.2 Å². The van der Waals surface area contributed by atoms with E-state index >= 15 is 0 Å². The highest BCUT2D eigenvalue weighted by Crippen LogP contribution is 2.64. The van der Waals surface area contributed by atoms with Crippen LogP contribution in [0.3, 0.4) is 0 Å². The molecule has 5 rings (SSSR count). The van der Waals surface area contributed by atoms with Crippen LogP contribution < -0.4 is 5.73 Å². The number of nitrogen functional groups attached to an aromatic ring is 1. The molecule has 23 heteroatoms. The Morgan fingerprint density at radius 3 is 2.54 bits per heavy atom. The summed E-state index contributed by atoms with van der Waals surface area (Å²) in [5, 5.41) is 71.0. The van der Waals surface area contributed by atoms with Gasteiger partial charge in [0.25, 0.3) is 0 Å². The normalized spacial score (nSPS) is 40.6. The van der Waals surface area contributed by atoms with Crippen LogP contribution in [0.2, 0.25) is 0 Å². The van der Waals surface area contributed by atoms with Crippen LogP contribution in [0.15, 0.2) is 12.7 Å². The number of fused-ring (bicyclic) bond motifs is 2. The maximum Gasteiger partial charge on any atom is 0.481 e. The van der Waals surface area contributed by atoms with Gasteiger partial charge >= 0.3 is 14.5 Å². The Morgan fingerprint density at radius 2 is 1.85 bits per heavy atom. The molecule has 0 amide bonds. The molecule has 2 aliphatic heterocycles. The zero-order chi connectivity index (χ0) is 30.1. The highest BCUT2D eigenvalue weighted by Gasteiger charge is 2.73. The molecule has 11 N–H and O–H groups in total. The third-order valence-electron chi connectivity index (χ3n) is 7.08. The van der Waals surface area contributed by atoms with Crippen molar-refractivity contribution in [1.82, 2.24) is 19.5 Å². The molecule has 13 atom stereocenters. The van der Waals surface area contributed by atoms with Crippen LogP contribution in [0.5, 0.6) is 0 Å². The molecule has 0 radical (unpaired) electrons. The first-order chi connectivity index (χ1) is 19.1. The highest BCUT2D eigenvalue weighted by molar-refractivity contribution is 8.08. The van der Waals surface area contributed by atoms with E-state index < -0.39 is 94.5 Å². The number of aromatic nitrogens is 4. The van der Waals surface area contributed by atoms with Gasteiger partial charge in [-0.1, -0.05) is 0 Å². The van der Waals surface area contributed by atoms with Gasteiger partial charge in [-0.25, -0.2) is 23.8 Å². The Morgan fingerprint density at radius 1 is 1.15 bits per heavy atom. The number of imidazole rings is 1. The predicted molar refractivity (Wildman–Crippen MR) is 132 cm³/mol. The van der Waals surface area contributed by atoms with Gasteiger partial charge in [-0.05, 0) is 11.8 Å². The topological polar surface area (TPSA) is 315 Å². The number of aliphatic hydroxyl groups excluding tert-OH is 6. The summed E-state index contributed by atoms with van der Waals surface area (Å²) in [6.07, 6.45) is -10.5. The van der Waals surface area contributed by atoms with Crippen LogP contribution in [-0.2, 0) is 39.2 Å². The first-order valence-corrected chi connectivity index (χ1v) is 15.9. The van der Waals surface area contributed by atoms with Gasteiger partial charge in [-0.15, -0.1) is 0 Å². The largest absolute Gasteiger partial charge is 0.481 e. The Labute approximate surface area is 234 Å². The van der Waals surface area contributed by atoms with Gasteiger partial charge in [-0.2, -0.15) is 0 Å². The Bertz CT molecular complexity index is 1390. The van der Waals surface area contributed by atoms with Crippen LogP contribution in [0.1, 0.15) is 6.23 Å². The van der Waals surface area contributed by atoms with E-state index in [9.17, 15) is 45.0 Å². The van der Waals surface area contributed by atoms with Crippen molar-refractivity contribution >= 4 is 43.3 Å². The number of nitrogens with two attached hydrogens (primary N) is 1. The first-order valence-electron chi connectivity index (χ1n) is 11.8. The van der Waals surface area contributed by atoms with Crippen molar-refractivity contribution in [3.8, 4) is 0 Å². The quantitative estimate of drug-likeness (QED) is 0.109. The number of ether oxygens (including phenoxy) is 2. The van der Waals surface area contributed by atoms with Crippen LogP contribution >= 0.6 is 14.5 Å². The molecule has 4 heterocycles. The Hall–Kier alpha value is -1.33. The lowest BCUT2D eigenvalue weighted by atomic mass is 9.86. The molecule has 0 bridgehead atoms. The number of phosphoric ester groups is 1. The maximum atomic E-state index is 12.5. The smallest absolute Gasteiger partial charge is 0.394 e. The number of aliphatic hydroxyl groups is 7. The molecule has 2 saturated heterocycles. The lowest BCUT2D eigenvalue weighted by Gasteiger charge is -2.49. The van der Waals surface area contributed by atoms with Crippen molar-refractivity contribution in [1.29, 1.82) is 0 Å². The summed E-state index contributed by atoms with van der Waals surface area (Å²) in [6.45, 7) is -6.26. The zero-order valence-corrected chi connectivity index (χ0v) is 23.1. The molecule has 1 aliphatic carbocycles. The summed E-state index contributed by atoms with van der Waals surface area (Å²) in [6, 6.07) is 0. The summed E-state index contributed by atoms with van der Waals surface area (Å²) >= 11 is 4.74. The van der Waals surface area contributed by atoms with E-state index in [4.69, 9.17) is 41.2 Å². The van der Waals surface area contributed by atoms with Gasteiger partial charge in [0.05, 0.1) is 49.7 Å². The van der Waals surface area contributed by atoms with Gasteiger partial charge in [0.2, 0.25) is 0 Å². The zero-order valence-electron chi connectivity index (χ0n) is 20.5. The number of anilines is 1. The van der Waals surface area contributed by atoms with Crippen LogP contribution in [0.4, 0.5) is 5.82 Å². The van der Waals surface area contributed by atoms with Gasteiger partial charge in [0.1, 0.15) is 30.2 Å². The summed E-state index contributed by atoms with van der Waals surface area (Å²) in [5.41, 5.74) is 6.15. The van der Waals surface area contributed by atoms with E-state index in [1.807, 2.05) is 0 Å². The average molecular weight is 647 g/mol. The first kappa shape index (κ1) is 31.1. The Balaban J connectivity index is 1.19. The minimum Gasteiger partial charge on any atom is -0.394 e. The molecule has 2 aromatic heterocycles. The molecule has 1 saturated carbocycles. The lowest BCUT2D eigenvalue weighted by molar-refractivity contribution is -0.427. The van der Waals surface area contributed by atoms with Crippen molar-refractivity contribution in [2.45, 2.75) is 54.9 Å². The highest BCUT2D eigenvalue weighted by atomic mass is 32.5. The van der Waals surface area contributed by atoms with Gasteiger partial charge in [0.15, 0.2) is 29.8 Å². The third-order valence-corrected chi connectivity index (χ3v) is 10.6. The third kappa shape index (κ3) is 5.45. The van der Waals surface area contributed by atoms with Gasteiger partial charge in [0, 0.05) is 0 Å². The van der Waals surface area contributed by atoms with Crippen molar-refractivity contribution in [2.75, 3.05) is 18.9 Å². The molecule has 20 nitrogen and oxygen atoms in total. The molecule has 0 spiro atoms. The number of phosphoric acid groups is 1. The molecular weight excluding hydrogens is 620 g/mol. The van der Waals surface area contributed by atoms with E-state index in [2.05, 4.69) is 19.3 Å². The van der Waals surface area contributed by atoms with Crippen molar-refractivity contribution < 1.29 is 72.9 Å². The summed E-state index contributed by atoms with van der Waals surface area (Å²) < 4.78 is 38.8. The van der Waals surface area contributed by atoms with E-state index in [1.165, 1.54) is 10.9 Å². The maximum absolute atomic E-state index is 12.5. The second kappa shape index (κ2) is 11.0. The summed E-state index contributed by atoms with van der Waals surface area (Å²) in [4.78, 5) is 32.3. The minimum atomic E-state index is -5.35. The van der Waals surface area contributed by atoms with Gasteiger partial charge in [-0.3, -0.25) is 9.09 Å². The van der Waals surface area contributed by atoms with Gasteiger partial charge < -0.3 is 65.3 Å². The molecule has 3 aliphatic rings. The van der Waals surface area contributed by atoms with Crippen LogP contribution in [0, 0.1) is 11.8 Å². The molecule has 41 heavy (non-hydrogen) atoms. The van der Waals surface area contributed by atoms with Crippen molar-refractivity contribution in [3.63, 3.8) is 0 Å². The second-order valence-corrected chi connectivity index (χ2v) is 14.0. The number of nitrogens with zero attached hydrogens (tertiary/aromatic N) is 4. The lowest BCUT2D eigenvalue weighted by Crippen LogP contribution is -2.64. The van der Waals surface area contributed by atoms with E-state index in [0.29, 0.717) is 0 Å². The average Bonchev–Trinajstić information content (AvgIpc) is 3.47. The molecule has 0 aromatic carbocycles. The van der Waals surface area contributed by atoms with E-state index in [-0.39, 0.29) is 17.0 Å².